The predicted molar refractivity (Wildman–Crippen MR) is 100.0 cm³/mol. The zero-order valence-electron chi connectivity index (χ0n) is 13.9. The number of rotatable bonds is 5. The van der Waals surface area contributed by atoms with Crippen molar-refractivity contribution in [2.24, 2.45) is 0 Å². The van der Waals surface area contributed by atoms with Crippen LogP contribution in [0.15, 0.2) is 48.5 Å². The number of carbonyl (C=O) groups excluding carboxylic acids is 1. The Morgan fingerprint density at radius 1 is 1.07 bits per heavy atom. The van der Waals surface area contributed by atoms with Gasteiger partial charge in [-0.05, 0) is 13.0 Å². The third-order valence-electron chi connectivity index (χ3n) is 3.70. The van der Waals surface area contributed by atoms with E-state index in [0.717, 1.165) is 28.6 Å². The molecule has 0 saturated heterocycles. The third kappa shape index (κ3) is 3.80. The lowest BCUT2D eigenvalue weighted by Gasteiger charge is -2.03. The van der Waals surface area contributed by atoms with Crippen molar-refractivity contribution in [2.45, 2.75) is 6.92 Å². The highest BCUT2D eigenvalue weighted by Gasteiger charge is 2.25. The van der Waals surface area contributed by atoms with Crippen molar-refractivity contribution >= 4 is 33.8 Å². The predicted octanol–water partition coefficient (Wildman–Crippen LogP) is 4.19. The summed E-state index contributed by atoms with van der Waals surface area (Å²) in [6.07, 6.45) is 0. The normalized spacial score (nSPS) is 10.4. The molecule has 0 spiro atoms. The number of non-ortho nitro benzene ring substituents is 1. The number of benzene rings is 2. The summed E-state index contributed by atoms with van der Waals surface area (Å²) in [6, 6.07) is 12.2. The average Bonchev–Trinajstić information content (AvgIpc) is 3.01. The van der Waals surface area contributed by atoms with Gasteiger partial charge in [0.15, 0.2) is 5.13 Å². The molecular formula is C17H12N4O5S. The van der Waals surface area contributed by atoms with E-state index in [2.05, 4.69) is 10.3 Å². The Balaban J connectivity index is 1.90. The van der Waals surface area contributed by atoms with Crippen LogP contribution in [0, 0.1) is 27.2 Å². The van der Waals surface area contributed by atoms with Crippen LogP contribution in [0.25, 0.3) is 11.3 Å². The van der Waals surface area contributed by atoms with Gasteiger partial charge in [0, 0.05) is 16.5 Å². The molecule has 0 fully saturated rings. The first-order valence-corrected chi connectivity index (χ1v) is 8.45. The molecule has 0 radical (unpaired) electrons. The van der Waals surface area contributed by atoms with Crippen molar-refractivity contribution in [1.82, 2.24) is 4.98 Å². The van der Waals surface area contributed by atoms with Crippen LogP contribution in [0.2, 0.25) is 0 Å². The smallest absolute Gasteiger partial charge is 0.289 e. The van der Waals surface area contributed by atoms with Crippen LogP contribution in [-0.4, -0.2) is 20.7 Å². The number of nitrogens with one attached hydrogen (secondary N) is 1. The largest absolute Gasteiger partial charge is 0.298 e. The summed E-state index contributed by atoms with van der Waals surface area (Å²) < 4.78 is 0. The zero-order valence-corrected chi connectivity index (χ0v) is 14.7. The number of hydrogen-bond donors (Lipinski definition) is 1. The summed E-state index contributed by atoms with van der Waals surface area (Å²) in [7, 11) is 0. The summed E-state index contributed by atoms with van der Waals surface area (Å²) in [5.41, 5.74) is 0.204. The molecule has 0 aliphatic carbocycles. The first-order valence-electron chi connectivity index (χ1n) is 7.64. The fourth-order valence-electron chi connectivity index (χ4n) is 2.45. The number of amides is 1. The second-order valence-corrected chi connectivity index (χ2v) is 6.66. The molecule has 10 heteroatoms. The molecule has 1 amide bonds. The molecule has 1 aromatic heterocycles. The highest BCUT2D eigenvalue weighted by molar-refractivity contribution is 7.16. The Hall–Kier alpha value is -3.66. The molecule has 27 heavy (non-hydrogen) atoms. The van der Waals surface area contributed by atoms with Gasteiger partial charge in [0.05, 0.1) is 21.6 Å². The lowest BCUT2D eigenvalue weighted by Crippen LogP contribution is -2.14. The van der Waals surface area contributed by atoms with E-state index in [1.165, 1.54) is 11.3 Å². The van der Waals surface area contributed by atoms with Gasteiger partial charge in [-0.3, -0.25) is 30.3 Å². The number of aromatic nitrogens is 1. The average molecular weight is 384 g/mol. The van der Waals surface area contributed by atoms with Gasteiger partial charge in [-0.15, -0.1) is 11.3 Å². The van der Waals surface area contributed by atoms with Crippen molar-refractivity contribution in [3.05, 3.63) is 79.2 Å². The van der Waals surface area contributed by atoms with Gasteiger partial charge in [-0.1, -0.05) is 30.3 Å². The van der Waals surface area contributed by atoms with Crippen LogP contribution in [0.3, 0.4) is 0 Å². The molecule has 2 aromatic carbocycles. The van der Waals surface area contributed by atoms with E-state index in [1.54, 1.807) is 0 Å². The number of carbonyl (C=O) groups is 1. The highest BCUT2D eigenvalue weighted by Crippen LogP contribution is 2.31. The minimum atomic E-state index is -0.829. The first kappa shape index (κ1) is 18.1. The number of anilines is 1. The Labute approximate surface area is 156 Å². The van der Waals surface area contributed by atoms with Gasteiger partial charge >= 0.3 is 0 Å². The van der Waals surface area contributed by atoms with Gasteiger partial charge in [0.25, 0.3) is 17.3 Å². The molecule has 3 rings (SSSR count). The van der Waals surface area contributed by atoms with Crippen LogP contribution < -0.4 is 5.32 Å². The molecule has 1 heterocycles. The Kier molecular flexibility index (Phi) is 4.90. The summed E-state index contributed by atoms with van der Waals surface area (Å²) in [5.74, 6) is -0.759. The van der Waals surface area contributed by atoms with Gasteiger partial charge in [-0.2, -0.15) is 0 Å². The van der Waals surface area contributed by atoms with Crippen LogP contribution >= 0.6 is 11.3 Å². The molecule has 0 aliphatic rings. The number of hydrogen-bond acceptors (Lipinski definition) is 7. The quantitative estimate of drug-likeness (QED) is 0.519. The maximum Gasteiger partial charge on any atom is 0.289 e. The van der Waals surface area contributed by atoms with Crippen molar-refractivity contribution < 1.29 is 14.6 Å². The van der Waals surface area contributed by atoms with Gasteiger partial charge < -0.3 is 0 Å². The SMILES string of the molecule is Cc1sc(NC(=O)c2ccc([N+](=O)[O-])cc2[N+](=O)[O-])nc1-c1ccccc1. The van der Waals surface area contributed by atoms with E-state index >= 15 is 0 Å². The van der Waals surface area contributed by atoms with E-state index in [-0.39, 0.29) is 10.7 Å². The number of nitro groups is 2. The maximum absolute atomic E-state index is 12.5. The molecule has 3 aromatic rings. The monoisotopic (exact) mass is 384 g/mol. The van der Waals surface area contributed by atoms with Gasteiger partial charge in [0.1, 0.15) is 5.56 Å². The molecule has 136 valence electrons. The zero-order chi connectivity index (χ0) is 19.6. The van der Waals surface area contributed by atoms with Crippen LogP contribution in [-0.2, 0) is 0 Å². The Morgan fingerprint density at radius 2 is 1.78 bits per heavy atom. The fourth-order valence-corrected chi connectivity index (χ4v) is 3.29. The summed E-state index contributed by atoms with van der Waals surface area (Å²) >= 11 is 1.23. The minimum Gasteiger partial charge on any atom is -0.298 e. The molecule has 1 N–H and O–H groups in total. The summed E-state index contributed by atoms with van der Waals surface area (Å²) in [5, 5.41) is 24.8. The fraction of sp³-hybridized carbons (Fsp3) is 0.0588. The van der Waals surface area contributed by atoms with E-state index < -0.39 is 27.1 Å². The lowest BCUT2D eigenvalue weighted by atomic mass is 10.1. The number of nitro benzene ring substituents is 2. The van der Waals surface area contributed by atoms with Gasteiger partial charge in [-0.25, -0.2) is 4.98 Å². The van der Waals surface area contributed by atoms with Crippen LogP contribution in [0.1, 0.15) is 15.2 Å². The van der Waals surface area contributed by atoms with Crippen molar-refractivity contribution in [3.8, 4) is 11.3 Å². The topological polar surface area (TPSA) is 128 Å². The molecule has 9 nitrogen and oxygen atoms in total. The van der Waals surface area contributed by atoms with Crippen molar-refractivity contribution in [3.63, 3.8) is 0 Å². The summed E-state index contributed by atoms with van der Waals surface area (Å²) in [4.78, 5) is 38.1. The standard InChI is InChI=1S/C17H12N4O5S/c1-10-15(11-5-3-2-4-6-11)18-17(27-10)19-16(22)13-8-7-12(20(23)24)9-14(13)21(25)26/h2-9H,1H3,(H,18,19,22). The first-order chi connectivity index (χ1) is 12.9. The molecular weight excluding hydrogens is 372 g/mol. The van der Waals surface area contributed by atoms with E-state index in [0.29, 0.717) is 5.69 Å². The van der Waals surface area contributed by atoms with Crippen molar-refractivity contribution in [1.29, 1.82) is 0 Å². The van der Waals surface area contributed by atoms with E-state index in [4.69, 9.17) is 0 Å². The number of nitrogens with zero attached hydrogens (tertiary/aromatic N) is 3. The lowest BCUT2D eigenvalue weighted by molar-refractivity contribution is -0.394. The van der Waals surface area contributed by atoms with E-state index in [9.17, 15) is 25.0 Å². The second kappa shape index (κ2) is 7.30. The third-order valence-corrected chi connectivity index (χ3v) is 4.58. The number of aryl methyl sites for hydroxylation is 1. The minimum absolute atomic E-state index is 0.278. The Bertz CT molecular complexity index is 1050. The molecule has 0 saturated carbocycles. The number of thiazole rings is 1. The Morgan fingerprint density at radius 3 is 2.41 bits per heavy atom. The van der Waals surface area contributed by atoms with Crippen LogP contribution in [0.5, 0.6) is 0 Å². The second-order valence-electron chi connectivity index (χ2n) is 5.46. The van der Waals surface area contributed by atoms with Gasteiger partial charge in [0.2, 0.25) is 0 Å². The molecule has 0 unspecified atom stereocenters. The molecule has 0 bridgehead atoms. The maximum atomic E-state index is 12.5. The van der Waals surface area contributed by atoms with E-state index in [1.807, 2.05) is 37.3 Å². The highest BCUT2D eigenvalue weighted by atomic mass is 32.1. The molecule has 0 aliphatic heterocycles. The molecule has 0 atom stereocenters. The van der Waals surface area contributed by atoms with Crippen LogP contribution in [0.4, 0.5) is 16.5 Å². The van der Waals surface area contributed by atoms with Crippen molar-refractivity contribution in [2.75, 3.05) is 5.32 Å². The summed E-state index contributed by atoms with van der Waals surface area (Å²) in [6.45, 7) is 1.85.